The number of ether oxygens (including phenoxy) is 1. The molecule has 0 saturated carbocycles. The molecule has 0 saturated heterocycles. The van der Waals surface area contributed by atoms with Crippen molar-refractivity contribution in [1.82, 2.24) is 10.2 Å². The molecule has 182 valence electrons. The summed E-state index contributed by atoms with van der Waals surface area (Å²) >= 11 is 1.65. The van der Waals surface area contributed by atoms with Gasteiger partial charge in [-0.05, 0) is 56.8 Å². The lowest BCUT2D eigenvalue weighted by Gasteiger charge is -2.36. The van der Waals surface area contributed by atoms with Gasteiger partial charge in [0.15, 0.2) is 6.23 Å². The number of thioether (sulfide) groups is 1. The van der Waals surface area contributed by atoms with Crippen molar-refractivity contribution in [2.75, 3.05) is 26.7 Å². The molecule has 5 N–H and O–H groups in total. The molecule has 32 heavy (non-hydrogen) atoms. The van der Waals surface area contributed by atoms with Gasteiger partial charge in [0, 0.05) is 12.0 Å². The van der Waals surface area contributed by atoms with E-state index >= 15 is 0 Å². The zero-order chi connectivity index (χ0) is 24.2. The first kappa shape index (κ1) is 26.9. The molecular formula is C24H42N4O3S. The number of hydrogen-bond acceptors (Lipinski definition) is 7. The summed E-state index contributed by atoms with van der Waals surface area (Å²) in [5, 5.41) is 23.6. The normalized spacial score (nSPS) is 26.7. The topological polar surface area (TPSA) is 103 Å². The van der Waals surface area contributed by atoms with Crippen molar-refractivity contribution in [3.63, 3.8) is 0 Å². The number of allylic oxidation sites excluding steroid dienone is 3. The Balaban J connectivity index is 2.52. The molecule has 0 fully saturated rings. The number of aliphatic imine (C=N–C) groups is 1. The first-order valence-electron chi connectivity index (χ1n) is 11.5. The molecular weight excluding hydrogens is 424 g/mol. The van der Waals surface area contributed by atoms with Gasteiger partial charge in [-0.25, -0.2) is 0 Å². The number of nitrogens with one attached hydrogen (secondary N) is 1. The lowest BCUT2D eigenvalue weighted by atomic mass is 9.74. The number of methoxy groups -OCH3 is 1. The largest absolute Gasteiger partial charge is 0.391 e. The molecule has 0 aromatic rings. The van der Waals surface area contributed by atoms with Crippen molar-refractivity contribution < 1.29 is 14.9 Å². The van der Waals surface area contributed by atoms with Crippen LogP contribution in [-0.4, -0.2) is 71.0 Å². The molecule has 7 nitrogen and oxygen atoms in total. The van der Waals surface area contributed by atoms with Crippen molar-refractivity contribution >= 4 is 17.6 Å². The summed E-state index contributed by atoms with van der Waals surface area (Å²) in [5.41, 5.74) is 8.69. The van der Waals surface area contributed by atoms with Gasteiger partial charge < -0.3 is 26.0 Å². The van der Waals surface area contributed by atoms with Gasteiger partial charge in [-0.15, -0.1) is 0 Å². The Hall–Kier alpha value is -1.32. The molecule has 5 atom stereocenters. The van der Waals surface area contributed by atoms with Crippen LogP contribution in [0.5, 0.6) is 0 Å². The molecule has 1 aliphatic carbocycles. The van der Waals surface area contributed by atoms with Crippen LogP contribution in [0, 0.1) is 11.8 Å². The lowest BCUT2D eigenvalue weighted by Crippen LogP contribution is -2.44. The van der Waals surface area contributed by atoms with E-state index in [0.29, 0.717) is 5.84 Å². The second kappa shape index (κ2) is 11.2. The quantitative estimate of drug-likeness (QED) is 0.223. The summed E-state index contributed by atoms with van der Waals surface area (Å²) in [7, 11) is 1.73. The van der Waals surface area contributed by atoms with E-state index in [1.807, 2.05) is 13.8 Å². The second-order valence-electron chi connectivity index (χ2n) is 9.19. The predicted octanol–water partition coefficient (Wildman–Crippen LogP) is 2.82. The minimum atomic E-state index is -0.856. The number of hydrogen-bond donors (Lipinski definition) is 4. The molecule has 8 heteroatoms. The number of aliphatic hydroxyl groups is 2. The number of nitrogens with two attached hydrogens (primary N) is 1. The maximum Gasteiger partial charge on any atom is 0.152 e. The molecule has 1 aliphatic heterocycles. The highest BCUT2D eigenvalue weighted by Gasteiger charge is 2.39. The summed E-state index contributed by atoms with van der Waals surface area (Å²) in [5.74, 6) is 0.867. The number of nitrogens with zero attached hydrogens (tertiary/aromatic N) is 2. The fourth-order valence-corrected chi connectivity index (χ4v) is 5.64. The van der Waals surface area contributed by atoms with Crippen LogP contribution in [0.3, 0.4) is 0 Å². The highest BCUT2D eigenvalue weighted by Crippen LogP contribution is 2.46. The van der Waals surface area contributed by atoms with Crippen LogP contribution in [0.1, 0.15) is 48.5 Å². The highest BCUT2D eigenvalue weighted by atomic mass is 32.2. The van der Waals surface area contributed by atoms with Gasteiger partial charge >= 0.3 is 0 Å². The van der Waals surface area contributed by atoms with Crippen molar-refractivity contribution in [1.29, 1.82) is 0 Å². The molecule has 0 aromatic carbocycles. The van der Waals surface area contributed by atoms with Crippen LogP contribution in [-0.2, 0) is 4.74 Å². The van der Waals surface area contributed by atoms with Crippen molar-refractivity contribution in [3.8, 4) is 0 Å². The number of aliphatic hydroxyl groups excluding tert-OH is 1. The van der Waals surface area contributed by atoms with Gasteiger partial charge in [0.25, 0.3) is 0 Å². The average molecular weight is 467 g/mol. The van der Waals surface area contributed by atoms with Gasteiger partial charge in [0.1, 0.15) is 11.2 Å². The molecule has 2 rings (SSSR count). The first-order chi connectivity index (χ1) is 15.0. The van der Waals surface area contributed by atoms with E-state index in [4.69, 9.17) is 10.5 Å². The Morgan fingerprint density at radius 2 is 1.91 bits per heavy atom. The summed E-state index contributed by atoms with van der Waals surface area (Å²) in [4.78, 5) is 7.76. The third-order valence-corrected chi connectivity index (χ3v) is 7.62. The van der Waals surface area contributed by atoms with Gasteiger partial charge in [0.2, 0.25) is 0 Å². The molecule has 0 aromatic heterocycles. The first-order valence-corrected chi connectivity index (χ1v) is 12.4. The highest BCUT2D eigenvalue weighted by molar-refractivity contribution is 8.04. The molecule has 0 spiro atoms. The summed E-state index contributed by atoms with van der Waals surface area (Å²) in [6, 6.07) is 0. The fraction of sp³-hybridized carbons (Fsp3) is 0.708. The maximum absolute atomic E-state index is 10.6. The fourth-order valence-electron chi connectivity index (χ4n) is 4.35. The zero-order valence-electron chi connectivity index (χ0n) is 20.8. The smallest absolute Gasteiger partial charge is 0.152 e. The van der Waals surface area contributed by atoms with Crippen LogP contribution in [0.25, 0.3) is 0 Å². The van der Waals surface area contributed by atoms with Gasteiger partial charge in [-0.2, -0.15) is 0 Å². The minimum absolute atomic E-state index is 0.194. The Morgan fingerprint density at radius 3 is 2.41 bits per heavy atom. The number of amidine groups is 1. The average Bonchev–Trinajstić information content (AvgIpc) is 3.15. The van der Waals surface area contributed by atoms with E-state index < -0.39 is 11.7 Å². The molecule has 0 bridgehead atoms. The van der Waals surface area contributed by atoms with Crippen LogP contribution >= 0.6 is 11.8 Å². The van der Waals surface area contributed by atoms with E-state index in [-0.39, 0.29) is 30.0 Å². The SMILES string of the molecule is CCN(CC)C(OC)C1=C(C2=CC=C(C(C)(C)O)C(C)C2C)SC(C(N)=NC[C@@H](C)O)N1. The monoisotopic (exact) mass is 466 g/mol. The van der Waals surface area contributed by atoms with Crippen LogP contribution < -0.4 is 11.1 Å². The number of rotatable bonds is 10. The maximum atomic E-state index is 10.6. The Kier molecular flexibility index (Phi) is 9.43. The summed E-state index contributed by atoms with van der Waals surface area (Å²) < 4.78 is 5.95. The van der Waals surface area contributed by atoms with Gasteiger partial charge in [-0.1, -0.05) is 51.6 Å². The Bertz CT molecular complexity index is 779. The Labute approximate surface area is 197 Å². The van der Waals surface area contributed by atoms with E-state index in [2.05, 4.69) is 55.1 Å². The molecule has 2 aliphatic rings. The minimum Gasteiger partial charge on any atom is -0.391 e. The molecule has 4 unspecified atom stereocenters. The van der Waals surface area contributed by atoms with Crippen LogP contribution in [0.4, 0.5) is 0 Å². The standard InChI is InChI=1S/C24H42N4O3S/c1-9-28(10-2)23(31-8)19-20(32-22(27-19)21(25)26-13-14(3)29)17-11-12-18(24(6,7)30)16(5)15(17)4/h11-12,14-16,22-23,27,29-30H,9-10,13H2,1-8H3,(H2,25,26)/t14-,15?,16?,22?,23?/m1/s1. The van der Waals surface area contributed by atoms with Crippen molar-refractivity contribution in [2.24, 2.45) is 22.6 Å². The third-order valence-electron chi connectivity index (χ3n) is 6.33. The van der Waals surface area contributed by atoms with Crippen LogP contribution in [0.15, 0.2) is 38.9 Å². The van der Waals surface area contributed by atoms with Crippen LogP contribution in [0.2, 0.25) is 0 Å². The van der Waals surface area contributed by atoms with Crippen molar-refractivity contribution in [3.05, 3.63) is 33.9 Å². The summed E-state index contributed by atoms with van der Waals surface area (Å²) in [6.07, 6.45) is 3.41. The Morgan fingerprint density at radius 1 is 1.28 bits per heavy atom. The molecule has 0 radical (unpaired) electrons. The summed E-state index contributed by atoms with van der Waals surface area (Å²) in [6.45, 7) is 16.0. The molecule has 0 amide bonds. The molecule has 1 heterocycles. The lowest BCUT2D eigenvalue weighted by molar-refractivity contribution is -0.00404. The zero-order valence-corrected chi connectivity index (χ0v) is 21.7. The van der Waals surface area contributed by atoms with Crippen molar-refractivity contribution in [2.45, 2.75) is 71.8 Å². The van der Waals surface area contributed by atoms with Gasteiger partial charge in [0.05, 0.1) is 23.9 Å². The van der Waals surface area contributed by atoms with E-state index in [1.165, 1.54) is 5.57 Å². The van der Waals surface area contributed by atoms with E-state index in [0.717, 1.165) is 29.3 Å². The van der Waals surface area contributed by atoms with Gasteiger partial charge in [-0.3, -0.25) is 9.89 Å². The van der Waals surface area contributed by atoms with E-state index in [9.17, 15) is 10.2 Å². The third kappa shape index (κ3) is 5.97. The van der Waals surface area contributed by atoms with E-state index in [1.54, 1.807) is 25.8 Å². The second-order valence-corrected chi connectivity index (χ2v) is 10.3. The number of likely N-dealkylation sites (N-methyl/N-ethyl adjacent to an activating group) is 1. The predicted molar refractivity (Wildman–Crippen MR) is 134 cm³/mol.